The third-order valence-electron chi connectivity index (χ3n) is 6.15. The van der Waals surface area contributed by atoms with E-state index >= 15 is 0 Å². The van der Waals surface area contributed by atoms with Crippen molar-refractivity contribution in [2.24, 2.45) is 16.7 Å². The number of esters is 3. The van der Waals surface area contributed by atoms with Gasteiger partial charge in [0.2, 0.25) is 13.6 Å². The minimum Gasteiger partial charge on any atom is -0.459 e. The summed E-state index contributed by atoms with van der Waals surface area (Å²) in [6.45, 7) is 9.71. The van der Waals surface area contributed by atoms with Crippen molar-refractivity contribution in [1.82, 2.24) is 5.32 Å². The molecule has 248 valence electrons. The summed E-state index contributed by atoms with van der Waals surface area (Å²) in [6.07, 6.45) is -1.38. The van der Waals surface area contributed by atoms with E-state index in [0.717, 1.165) is 5.56 Å². The predicted molar refractivity (Wildman–Crippen MR) is 164 cm³/mol. The van der Waals surface area contributed by atoms with Gasteiger partial charge < -0.3 is 24.3 Å². The Hall–Kier alpha value is -3.73. The minimum absolute atomic E-state index is 0.0597. The van der Waals surface area contributed by atoms with Crippen LogP contribution in [0, 0.1) is 16.7 Å². The molecule has 45 heavy (non-hydrogen) atoms. The standard InChI is InChI=1S/C32H44NO11P/c1-23(20-45(38,43-21-41-28(35)31(2,3)4)44-22-42-29(36)32(5,6)7)26(27(34)39-18-24-14-10-8-11-15-24)33-30(37)40-19-25-16-12-9-13-17-25/h8-17,23,26H,18-22H2,1-7H3,(H,33,37)/t23-,26-/m0/s1. The van der Waals surface area contributed by atoms with Gasteiger partial charge in [0.1, 0.15) is 19.3 Å². The maximum absolute atomic E-state index is 13.9. The Bertz CT molecular complexity index is 1270. The molecule has 1 amide bonds. The number of benzene rings is 2. The van der Waals surface area contributed by atoms with Crippen molar-refractivity contribution < 1.29 is 51.7 Å². The smallest absolute Gasteiger partial charge is 0.408 e. The molecule has 0 spiro atoms. The van der Waals surface area contributed by atoms with Crippen LogP contribution in [-0.4, -0.2) is 49.8 Å². The van der Waals surface area contributed by atoms with E-state index in [2.05, 4.69) is 5.32 Å². The SMILES string of the molecule is C[C@@H](CP(=O)(OCOC(=O)C(C)(C)C)OCOC(=O)C(C)(C)C)[C@H](NC(=O)OCc1ccccc1)C(=O)OCc1ccccc1. The number of alkyl carbamates (subject to hydrolysis) is 1. The Balaban J connectivity index is 2.21. The topological polar surface area (TPSA) is 153 Å². The summed E-state index contributed by atoms with van der Waals surface area (Å²) < 4.78 is 45.6. The number of amides is 1. The second-order valence-corrected chi connectivity index (χ2v) is 14.5. The fraction of sp³-hybridized carbons (Fsp3) is 0.500. The van der Waals surface area contributed by atoms with Crippen LogP contribution in [0.3, 0.4) is 0 Å². The van der Waals surface area contributed by atoms with Crippen molar-refractivity contribution in [3.05, 3.63) is 71.8 Å². The highest BCUT2D eigenvalue weighted by atomic mass is 31.2. The summed E-state index contributed by atoms with van der Waals surface area (Å²) in [6, 6.07) is 16.5. The van der Waals surface area contributed by atoms with Gasteiger partial charge in [-0.25, -0.2) is 9.59 Å². The molecule has 0 heterocycles. The molecule has 0 unspecified atom stereocenters. The first-order valence-corrected chi connectivity index (χ1v) is 16.1. The van der Waals surface area contributed by atoms with Crippen LogP contribution in [0.4, 0.5) is 4.79 Å². The predicted octanol–water partition coefficient (Wildman–Crippen LogP) is 5.98. The molecule has 0 radical (unpaired) electrons. The quantitative estimate of drug-likeness (QED) is 0.105. The van der Waals surface area contributed by atoms with E-state index in [1.807, 2.05) is 12.1 Å². The van der Waals surface area contributed by atoms with E-state index in [1.165, 1.54) is 6.92 Å². The third-order valence-corrected chi connectivity index (χ3v) is 8.17. The van der Waals surface area contributed by atoms with Gasteiger partial charge in [0.05, 0.1) is 17.0 Å². The number of hydrogen-bond donors (Lipinski definition) is 1. The number of ether oxygens (including phenoxy) is 4. The van der Waals surface area contributed by atoms with Crippen molar-refractivity contribution in [2.45, 2.75) is 67.7 Å². The number of rotatable bonds is 15. The van der Waals surface area contributed by atoms with Crippen molar-refractivity contribution in [3.8, 4) is 0 Å². The van der Waals surface area contributed by atoms with E-state index in [1.54, 1.807) is 90.1 Å². The lowest BCUT2D eigenvalue weighted by Gasteiger charge is -2.27. The molecular formula is C32H44NO11P. The average molecular weight is 650 g/mol. The van der Waals surface area contributed by atoms with E-state index in [0.29, 0.717) is 5.56 Å². The van der Waals surface area contributed by atoms with Gasteiger partial charge in [-0.2, -0.15) is 0 Å². The summed E-state index contributed by atoms with van der Waals surface area (Å²) in [5.74, 6) is -2.99. The zero-order chi connectivity index (χ0) is 33.7. The second-order valence-electron chi connectivity index (χ2n) is 12.4. The van der Waals surface area contributed by atoms with Gasteiger partial charge >= 0.3 is 31.6 Å². The van der Waals surface area contributed by atoms with Crippen LogP contribution in [0.1, 0.15) is 59.6 Å². The maximum atomic E-state index is 13.9. The van der Waals surface area contributed by atoms with Crippen LogP contribution >= 0.6 is 7.60 Å². The van der Waals surface area contributed by atoms with E-state index < -0.39 is 74.1 Å². The highest BCUT2D eigenvalue weighted by Crippen LogP contribution is 2.50. The van der Waals surface area contributed by atoms with Crippen LogP contribution in [0.25, 0.3) is 0 Å². The summed E-state index contributed by atoms with van der Waals surface area (Å²) in [7, 11) is -4.22. The Labute approximate surface area is 264 Å². The van der Waals surface area contributed by atoms with Crippen molar-refractivity contribution >= 4 is 31.6 Å². The Morgan fingerprint density at radius 2 is 1.11 bits per heavy atom. The largest absolute Gasteiger partial charge is 0.459 e. The number of hydrogen-bond acceptors (Lipinski definition) is 11. The van der Waals surface area contributed by atoms with Gasteiger partial charge in [-0.3, -0.25) is 23.2 Å². The molecule has 0 aromatic heterocycles. The third kappa shape index (κ3) is 13.8. The molecule has 0 aliphatic heterocycles. The van der Waals surface area contributed by atoms with Gasteiger partial charge in [0.15, 0.2) is 0 Å². The van der Waals surface area contributed by atoms with Crippen LogP contribution in [0.5, 0.6) is 0 Å². The molecule has 0 saturated heterocycles. The lowest BCUT2D eigenvalue weighted by atomic mass is 9.98. The van der Waals surface area contributed by atoms with E-state index in [-0.39, 0.29) is 13.2 Å². The molecule has 2 atom stereocenters. The summed E-state index contributed by atoms with van der Waals surface area (Å²) >= 11 is 0. The zero-order valence-electron chi connectivity index (χ0n) is 26.9. The Morgan fingerprint density at radius 1 is 0.689 bits per heavy atom. The van der Waals surface area contributed by atoms with Gasteiger partial charge in [-0.05, 0) is 58.6 Å². The van der Waals surface area contributed by atoms with Gasteiger partial charge in [0, 0.05) is 0 Å². The lowest BCUT2D eigenvalue weighted by molar-refractivity contribution is -0.162. The molecule has 13 heteroatoms. The molecule has 2 aromatic carbocycles. The molecule has 1 N–H and O–H groups in total. The molecule has 0 bridgehead atoms. The number of carbonyl (C=O) groups excluding carboxylic acids is 4. The molecule has 2 rings (SSSR count). The monoisotopic (exact) mass is 649 g/mol. The van der Waals surface area contributed by atoms with Crippen molar-refractivity contribution in [2.75, 3.05) is 19.7 Å². The van der Waals surface area contributed by atoms with Crippen LogP contribution in [0.15, 0.2) is 60.7 Å². The van der Waals surface area contributed by atoms with Gasteiger partial charge in [0.25, 0.3) is 0 Å². The molecule has 12 nitrogen and oxygen atoms in total. The molecule has 0 fully saturated rings. The first-order chi connectivity index (χ1) is 21.0. The Kier molecular flexibility index (Phi) is 14.2. The first kappa shape index (κ1) is 37.5. The number of nitrogens with one attached hydrogen (secondary N) is 1. The van der Waals surface area contributed by atoms with Crippen molar-refractivity contribution in [1.29, 1.82) is 0 Å². The summed E-state index contributed by atoms with van der Waals surface area (Å²) in [5.41, 5.74) is -0.282. The second kappa shape index (κ2) is 17.1. The van der Waals surface area contributed by atoms with Gasteiger partial charge in [-0.15, -0.1) is 0 Å². The molecular weight excluding hydrogens is 605 g/mol. The molecule has 0 saturated carbocycles. The average Bonchev–Trinajstić information content (AvgIpc) is 2.97. The van der Waals surface area contributed by atoms with E-state index in [4.69, 9.17) is 28.0 Å². The highest BCUT2D eigenvalue weighted by Gasteiger charge is 2.38. The number of carbonyl (C=O) groups is 4. The van der Waals surface area contributed by atoms with Crippen LogP contribution in [-0.2, 0) is 60.2 Å². The Morgan fingerprint density at radius 3 is 1.53 bits per heavy atom. The molecule has 0 aliphatic rings. The highest BCUT2D eigenvalue weighted by molar-refractivity contribution is 7.53. The lowest BCUT2D eigenvalue weighted by Crippen LogP contribution is -2.47. The first-order valence-electron chi connectivity index (χ1n) is 14.4. The van der Waals surface area contributed by atoms with Crippen molar-refractivity contribution in [3.63, 3.8) is 0 Å². The van der Waals surface area contributed by atoms with Crippen LogP contribution < -0.4 is 5.32 Å². The summed E-state index contributed by atoms with van der Waals surface area (Å²) in [4.78, 5) is 50.5. The normalized spacial score (nSPS) is 13.2. The maximum Gasteiger partial charge on any atom is 0.408 e. The molecule has 2 aromatic rings. The van der Waals surface area contributed by atoms with E-state index in [9.17, 15) is 23.7 Å². The summed E-state index contributed by atoms with van der Waals surface area (Å²) in [5, 5.41) is 2.50. The fourth-order valence-corrected chi connectivity index (χ4v) is 5.13. The van der Waals surface area contributed by atoms with Crippen LogP contribution in [0.2, 0.25) is 0 Å². The van der Waals surface area contributed by atoms with Gasteiger partial charge in [-0.1, -0.05) is 67.6 Å². The zero-order valence-corrected chi connectivity index (χ0v) is 27.8. The minimum atomic E-state index is -4.22. The fourth-order valence-electron chi connectivity index (χ4n) is 3.50. The molecule has 0 aliphatic carbocycles.